The average Bonchev–Trinajstić information content (AvgIpc) is 2.96. The molecule has 0 amide bonds. The van der Waals surface area contributed by atoms with Crippen molar-refractivity contribution in [1.82, 2.24) is 9.55 Å². The van der Waals surface area contributed by atoms with Crippen molar-refractivity contribution in [3.63, 3.8) is 0 Å². The molecular formula is C18H19N3. The first kappa shape index (κ1) is 13.6. The van der Waals surface area contributed by atoms with Crippen LogP contribution in [0.5, 0.6) is 0 Å². The minimum absolute atomic E-state index is 0.204. The van der Waals surface area contributed by atoms with Crippen molar-refractivity contribution in [2.75, 3.05) is 0 Å². The van der Waals surface area contributed by atoms with Crippen LogP contribution in [-0.2, 0) is 6.54 Å². The molecule has 3 rings (SSSR count). The van der Waals surface area contributed by atoms with Gasteiger partial charge in [0.05, 0.1) is 6.04 Å². The molecule has 106 valence electrons. The van der Waals surface area contributed by atoms with Gasteiger partial charge in [0.15, 0.2) is 0 Å². The Balaban J connectivity index is 1.86. The lowest BCUT2D eigenvalue weighted by Gasteiger charge is -2.15. The van der Waals surface area contributed by atoms with Crippen LogP contribution in [0.2, 0.25) is 0 Å². The fourth-order valence-corrected chi connectivity index (χ4v) is 2.44. The molecule has 21 heavy (non-hydrogen) atoms. The minimum Gasteiger partial charge on any atom is -0.329 e. The van der Waals surface area contributed by atoms with Crippen LogP contribution in [0.25, 0.3) is 0 Å². The zero-order valence-electron chi connectivity index (χ0n) is 12.1. The van der Waals surface area contributed by atoms with Crippen LogP contribution >= 0.6 is 0 Å². The van der Waals surface area contributed by atoms with E-state index in [9.17, 15) is 0 Å². The van der Waals surface area contributed by atoms with Crippen LogP contribution in [0.3, 0.4) is 0 Å². The number of aryl methyl sites for hydroxylation is 1. The molecule has 3 heteroatoms. The van der Waals surface area contributed by atoms with Crippen molar-refractivity contribution < 1.29 is 0 Å². The lowest BCUT2D eigenvalue weighted by atomic mass is 10.1. The smallest absolute Gasteiger partial charge is 0.130 e. The first-order chi connectivity index (χ1) is 10.2. The number of imidazole rings is 1. The molecule has 0 saturated heterocycles. The molecule has 0 spiro atoms. The van der Waals surface area contributed by atoms with Gasteiger partial charge in [-0.2, -0.15) is 0 Å². The highest BCUT2D eigenvalue weighted by Crippen LogP contribution is 2.19. The van der Waals surface area contributed by atoms with Crippen molar-refractivity contribution in [3.05, 3.63) is 89.5 Å². The van der Waals surface area contributed by atoms with E-state index in [1.54, 1.807) is 0 Å². The molecule has 0 saturated carbocycles. The summed E-state index contributed by atoms with van der Waals surface area (Å²) < 4.78 is 2.11. The number of hydrogen-bond donors (Lipinski definition) is 1. The van der Waals surface area contributed by atoms with Crippen LogP contribution in [0.15, 0.2) is 67.0 Å². The summed E-state index contributed by atoms with van der Waals surface area (Å²) in [7, 11) is 0. The zero-order chi connectivity index (χ0) is 14.7. The second-order valence-corrected chi connectivity index (χ2v) is 5.29. The number of nitrogens with zero attached hydrogens (tertiary/aromatic N) is 2. The molecule has 0 aliphatic heterocycles. The van der Waals surface area contributed by atoms with Crippen LogP contribution in [0, 0.1) is 6.92 Å². The van der Waals surface area contributed by atoms with Gasteiger partial charge in [-0.15, -0.1) is 0 Å². The van der Waals surface area contributed by atoms with Gasteiger partial charge in [-0.1, -0.05) is 60.2 Å². The summed E-state index contributed by atoms with van der Waals surface area (Å²) in [5.74, 6) is 0.891. The number of hydrogen-bond acceptors (Lipinski definition) is 2. The van der Waals surface area contributed by atoms with Crippen LogP contribution in [-0.4, -0.2) is 9.55 Å². The van der Waals surface area contributed by atoms with E-state index in [1.165, 1.54) is 11.1 Å². The summed E-state index contributed by atoms with van der Waals surface area (Å²) in [6.45, 7) is 2.86. The van der Waals surface area contributed by atoms with Crippen molar-refractivity contribution in [2.24, 2.45) is 5.73 Å². The topological polar surface area (TPSA) is 43.8 Å². The van der Waals surface area contributed by atoms with Gasteiger partial charge in [0.2, 0.25) is 0 Å². The molecule has 0 radical (unpaired) electrons. The van der Waals surface area contributed by atoms with E-state index in [-0.39, 0.29) is 6.04 Å². The van der Waals surface area contributed by atoms with Gasteiger partial charge in [0.25, 0.3) is 0 Å². The Morgan fingerprint density at radius 1 is 1.05 bits per heavy atom. The highest BCUT2D eigenvalue weighted by atomic mass is 15.1. The van der Waals surface area contributed by atoms with Crippen molar-refractivity contribution in [2.45, 2.75) is 19.5 Å². The molecule has 1 atom stereocenters. The highest BCUT2D eigenvalue weighted by molar-refractivity contribution is 5.28. The predicted octanol–water partition coefficient (Wildman–Crippen LogP) is 3.29. The van der Waals surface area contributed by atoms with E-state index in [0.717, 1.165) is 17.9 Å². The summed E-state index contributed by atoms with van der Waals surface area (Å²) in [5.41, 5.74) is 9.94. The summed E-state index contributed by atoms with van der Waals surface area (Å²) in [6, 6.07) is 18.4. The molecule has 2 aromatic carbocycles. The Kier molecular flexibility index (Phi) is 3.84. The van der Waals surface area contributed by atoms with Gasteiger partial charge >= 0.3 is 0 Å². The molecule has 3 aromatic rings. The van der Waals surface area contributed by atoms with Gasteiger partial charge in [-0.05, 0) is 18.1 Å². The molecule has 0 aliphatic carbocycles. The van der Waals surface area contributed by atoms with E-state index in [1.807, 2.05) is 30.6 Å². The largest absolute Gasteiger partial charge is 0.329 e. The van der Waals surface area contributed by atoms with Crippen LogP contribution < -0.4 is 5.73 Å². The molecule has 0 fully saturated rings. The first-order valence-electron chi connectivity index (χ1n) is 7.11. The lowest BCUT2D eigenvalue weighted by Crippen LogP contribution is -2.18. The van der Waals surface area contributed by atoms with Gasteiger partial charge in [-0.25, -0.2) is 4.98 Å². The van der Waals surface area contributed by atoms with Crippen molar-refractivity contribution in [1.29, 1.82) is 0 Å². The summed E-state index contributed by atoms with van der Waals surface area (Å²) in [5, 5.41) is 0. The summed E-state index contributed by atoms with van der Waals surface area (Å²) >= 11 is 0. The van der Waals surface area contributed by atoms with Gasteiger partial charge < -0.3 is 10.3 Å². The maximum absolute atomic E-state index is 6.38. The third-order valence-corrected chi connectivity index (χ3v) is 3.66. The predicted molar refractivity (Wildman–Crippen MR) is 85.0 cm³/mol. The SMILES string of the molecule is Cc1ccc(C(N)c2nccn2Cc2ccccc2)cc1. The Bertz CT molecular complexity index is 699. The normalized spacial score (nSPS) is 12.3. The van der Waals surface area contributed by atoms with E-state index in [0.29, 0.717) is 0 Å². The lowest BCUT2D eigenvalue weighted by molar-refractivity contribution is 0.674. The first-order valence-corrected chi connectivity index (χ1v) is 7.11. The number of benzene rings is 2. The van der Waals surface area contributed by atoms with E-state index < -0.39 is 0 Å². The Morgan fingerprint density at radius 3 is 2.48 bits per heavy atom. The van der Waals surface area contributed by atoms with Gasteiger partial charge in [0.1, 0.15) is 5.82 Å². The third kappa shape index (κ3) is 3.03. The van der Waals surface area contributed by atoms with E-state index in [2.05, 4.69) is 52.9 Å². The van der Waals surface area contributed by atoms with Crippen LogP contribution in [0.4, 0.5) is 0 Å². The molecule has 1 aromatic heterocycles. The zero-order valence-corrected chi connectivity index (χ0v) is 12.1. The fourth-order valence-electron chi connectivity index (χ4n) is 2.44. The van der Waals surface area contributed by atoms with E-state index in [4.69, 9.17) is 5.73 Å². The third-order valence-electron chi connectivity index (χ3n) is 3.66. The van der Waals surface area contributed by atoms with E-state index >= 15 is 0 Å². The van der Waals surface area contributed by atoms with Crippen molar-refractivity contribution >= 4 is 0 Å². The Morgan fingerprint density at radius 2 is 1.76 bits per heavy atom. The summed E-state index contributed by atoms with van der Waals surface area (Å²) in [6.07, 6.45) is 3.79. The Labute approximate surface area is 125 Å². The molecule has 0 bridgehead atoms. The van der Waals surface area contributed by atoms with Crippen molar-refractivity contribution in [3.8, 4) is 0 Å². The second-order valence-electron chi connectivity index (χ2n) is 5.29. The number of nitrogens with two attached hydrogens (primary N) is 1. The molecule has 3 nitrogen and oxygen atoms in total. The quantitative estimate of drug-likeness (QED) is 0.795. The Hall–Kier alpha value is -2.39. The van der Waals surface area contributed by atoms with Gasteiger partial charge in [0, 0.05) is 18.9 Å². The molecule has 1 heterocycles. The molecule has 2 N–H and O–H groups in total. The highest BCUT2D eigenvalue weighted by Gasteiger charge is 2.14. The standard InChI is InChI=1S/C18H19N3/c1-14-7-9-16(10-8-14)17(19)18-20-11-12-21(18)13-15-5-3-2-4-6-15/h2-12,17H,13,19H2,1H3. The number of aromatic nitrogens is 2. The average molecular weight is 277 g/mol. The second kappa shape index (κ2) is 5.94. The maximum atomic E-state index is 6.38. The molecule has 0 aliphatic rings. The van der Waals surface area contributed by atoms with Crippen LogP contribution in [0.1, 0.15) is 28.6 Å². The molecular weight excluding hydrogens is 258 g/mol. The van der Waals surface area contributed by atoms with Gasteiger partial charge in [-0.3, -0.25) is 0 Å². The fraction of sp³-hybridized carbons (Fsp3) is 0.167. The minimum atomic E-state index is -0.204. The monoisotopic (exact) mass is 277 g/mol. The number of rotatable bonds is 4. The molecule has 1 unspecified atom stereocenters. The summed E-state index contributed by atoms with van der Waals surface area (Å²) in [4.78, 5) is 4.45. The maximum Gasteiger partial charge on any atom is 0.130 e.